The molecule has 0 bridgehead atoms. The van der Waals surface area contributed by atoms with Gasteiger partial charge in [-0.1, -0.05) is 23.7 Å². The van der Waals surface area contributed by atoms with E-state index in [2.05, 4.69) is 28.1 Å². The number of benzene rings is 1. The average molecular weight is 386 g/mol. The third kappa shape index (κ3) is 3.48. The van der Waals surface area contributed by atoms with Gasteiger partial charge >= 0.3 is 6.09 Å². The zero-order chi connectivity index (χ0) is 19.2. The summed E-state index contributed by atoms with van der Waals surface area (Å²) >= 11 is 6.21. The number of fused-ring (bicyclic) bond motifs is 1. The molecule has 0 spiro atoms. The van der Waals surface area contributed by atoms with E-state index in [4.69, 9.17) is 16.3 Å². The molecule has 2 aromatic rings. The van der Waals surface area contributed by atoms with E-state index < -0.39 is 5.60 Å². The van der Waals surface area contributed by atoms with Gasteiger partial charge in [-0.25, -0.2) is 9.78 Å². The van der Waals surface area contributed by atoms with Crippen LogP contribution in [-0.2, 0) is 4.74 Å². The third-order valence-corrected chi connectivity index (χ3v) is 5.12. The molecule has 1 fully saturated rings. The van der Waals surface area contributed by atoms with Crippen LogP contribution in [-0.4, -0.2) is 41.2 Å². The number of carbonyl (C=O) groups is 1. The summed E-state index contributed by atoms with van der Waals surface area (Å²) in [6.07, 6.45) is 5.63. The number of ether oxygens (including phenoxy) is 1. The first-order valence-electron chi connectivity index (χ1n) is 9.38. The molecule has 5 nitrogen and oxygen atoms in total. The van der Waals surface area contributed by atoms with Gasteiger partial charge in [0.15, 0.2) is 0 Å². The Morgan fingerprint density at radius 2 is 1.96 bits per heavy atom. The molecule has 27 heavy (non-hydrogen) atoms. The van der Waals surface area contributed by atoms with Crippen molar-refractivity contribution in [3.63, 3.8) is 0 Å². The van der Waals surface area contributed by atoms with E-state index in [1.54, 1.807) is 4.90 Å². The van der Waals surface area contributed by atoms with Gasteiger partial charge in [0.2, 0.25) is 0 Å². The topological polar surface area (TPSA) is 45.7 Å². The van der Waals surface area contributed by atoms with E-state index in [9.17, 15) is 4.79 Å². The number of hydrogen-bond acceptors (Lipinski definition) is 4. The molecule has 0 atom stereocenters. The SMILES string of the molecule is CC(C)(C)OC(=O)N1CCC=C1c1ccc(N2CCC2)c2cnc(Cl)cc12. The summed E-state index contributed by atoms with van der Waals surface area (Å²) in [7, 11) is 0. The summed E-state index contributed by atoms with van der Waals surface area (Å²) in [6, 6.07) is 6.10. The largest absolute Gasteiger partial charge is 0.443 e. The minimum atomic E-state index is -0.526. The minimum Gasteiger partial charge on any atom is -0.443 e. The normalized spacial score (nSPS) is 17.1. The van der Waals surface area contributed by atoms with Crippen LogP contribution in [0.25, 0.3) is 16.5 Å². The van der Waals surface area contributed by atoms with Crippen molar-refractivity contribution in [1.29, 1.82) is 0 Å². The molecular formula is C21H24ClN3O2. The second kappa shape index (κ2) is 6.71. The van der Waals surface area contributed by atoms with Gasteiger partial charge < -0.3 is 9.64 Å². The van der Waals surface area contributed by atoms with Crippen LogP contribution in [0.4, 0.5) is 10.5 Å². The summed E-state index contributed by atoms with van der Waals surface area (Å²) in [6.45, 7) is 8.39. The Bertz CT molecular complexity index is 929. The average Bonchev–Trinajstić information content (AvgIpc) is 3.01. The van der Waals surface area contributed by atoms with Gasteiger partial charge in [-0.15, -0.1) is 0 Å². The van der Waals surface area contributed by atoms with Crippen LogP contribution >= 0.6 is 11.6 Å². The van der Waals surface area contributed by atoms with Crippen LogP contribution in [0.15, 0.2) is 30.5 Å². The van der Waals surface area contributed by atoms with Crippen molar-refractivity contribution >= 4 is 39.9 Å². The standard InChI is InChI=1S/C21H24ClN3O2/c1-21(2,3)27-20(26)25-11-4-6-18(25)14-7-8-17(24-9-5-10-24)16-13-23-19(22)12-15(14)16/h6-8,12-13H,4-5,9-11H2,1-3H3. The highest BCUT2D eigenvalue weighted by Crippen LogP contribution is 2.38. The van der Waals surface area contributed by atoms with Gasteiger partial charge in [0.25, 0.3) is 0 Å². The molecule has 3 heterocycles. The number of rotatable bonds is 2. The summed E-state index contributed by atoms with van der Waals surface area (Å²) < 4.78 is 5.60. The first-order valence-corrected chi connectivity index (χ1v) is 9.75. The number of pyridine rings is 1. The summed E-state index contributed by atoms with van der Waals surface area (Å²) in [5.41, 5.74) is 2.52. The predicted octanol–water partition coefficient (Wildman–Crippen LogP) is 5.08. The monoisotopic (exact) mass is 385 g/mol. The van der Waals surface area contributed by atoms with E-state index in [-0.39, 0.29) is 6.09 Å². The van der Waals surface area contributed by atoms with Crippen molar-refractivity contribution in [3.05, 3.63) is 41.2 Å². The molecular weight excluding hydrogens is 362 g/mol. The van der Waals surface area contributed by atoms with Gasteiger partial charge in [-0.05, 0) is 51.1 Å². The molecule has 142 valence electrons. The molecule has 0 aliphatic carbocycles. The van der Waals surface area contributed by atoms with Crippen LogP contribution in [0.1, 0.15) is 39.2 Å². The van der Waals surface area contributed by atoms with Crippen molar-refractivity contribution in [2.24, 2.45) is 0 Å². The Labute approximate surface area is 164 Å². The lowest BCUT2D eigenvalue weighted by Gasteiger charge is -2.34. The molecule has 0 unspecified atom stereocenters. The quantitative estimate of drug-likeness (QED) is 0.676. The Kier molecular flexibility index (Phi) is 4.50. The Balaban J connectivity index is 1.77. The second-order valence-corrected chi connectivity index (χ2v) is 8.42. The molecule has 1 amide bonds. The van der Waals surface area contributed by atoms with Gasteiger partial charge in [-0.2, -0.15) is 0 Å². The zero-order valence-electron chi connectivity index (χ0n) is 16.0. The van der Waals surface area contributed by atoms with E-state index in [1.807, 2.05) is 33.0 Å². The van der Waals surface area contributed by atoms with Gasteiger partial charge in [0.1, 0.15) is 10.8 Å². The lowest BCUT2D eigenvalue weighted by Crippen LogP contribution is -2.37. The minimum absolute atomic E-state index is 0.314. The number of carbonyl (C=O) groups excluding carboxylic acids is 1. The van der Waals surface area contributed by atoms with E-state index in [0.29, 0.717) is 11.7 Å². The molecule has 1 saturated heterocycles. The lowest BCUT2D eigenvalue weighted by atomic mass is 10.00. The van der Waals surface area contributed by atoms with Crippen molar-refractivity contribution in [2.45, 2.75) is 39.2 Å². The van der Waals surface area contributed by atoms with Gasteiger partial charge in [0, 0.05) is 42.5 Å². The highest BCUT2D eigenvalue weighted by atomic mass is 35.5. The molecule has 0 saturated carbocycles. The van der Waals surface area contributed by atoms with E-state index in [0.717, 1.165) is 41.5 Å². The Morgan fingerprint density at radius 3 is 2.63 bits per heavy atom. The number of anilines is 1. The van der Waals surface area contributed by atoms with E-state index in [1.165, 1.54) is 12.1 Å². The molecule has 1 aromatic heterocycles. The predicted molar refractivity (Wildman–Crippen MR) is 109 cm³/mol. The Hall–Kier alpha value is -2.27. The van der Waals surface area contributed by atoms with Crippen LogP contribution in [0.2, 0.25) is 5.15 Å². The summed E-state index contributed by atoms with van der Waals surface area (Å²) in [5.74, 6) is 0. The number of halogens is 1. The molecule has 2 aliphatic rings. The first-order chi connectivity index (χ1) is 12.8. The fraction of sp³-hybridized carbons (Fsp3) is 0.429. The Morgan fingerprint density at radius 1 is 1.19 bits per heavy atom. The van der Waals surface area contributed by atoms with Crippen LogP contribution in [0, 0.1) is 0 Å². The summed E-state index contributed by atoms with van der Waals surface area (Å²) in [4.78, 5) is 21.1. The third-order valence-electron chi connectivity index (χ3n) is 4.91. The summed E-state index contributed by atoms with van der Waals surface area (Å²) in [5, 5.41) is 2.53. The first kappa shape index (κ1) is 18.1. The fourth-order valence-electron chi connectivity index (χ4n) is 3.58. The van der Waals surface area contributed by atoms with Crippen LogP contribution < -0.4 is 4.90 Å². The van der Waals surface area contributed by atoms with Crippen LogP contribution in [0.3, 0.4) is 0 Å². The highest BCUT2D eigenvalue weighted by Gasteiger charge is 2.29. The molecule has 0 N–H and O–H groups in total. The number of nitrogens with zero attached hydrogens (tertiary/aromatic N) is 3. The zero-order valence-corrected chi connectivity index (χ0v) is 16.7. The molecule has 6 heteroatoms. The molecule has 2 aliphatic heterocycles. The van der Waals surface area contributed by atoms with Gasteiger partial charge in [0.05, 0.1) is 5.70 Å². The van der Waals surface area contributed by atoms with Gasteiger partial charge in [-0.3, -0.25) is 4.90 Å². The van der Waals surface area contributed by atoms with E-state index >= 15 is 0 Å². The highest BCUT2D eigenvalue weighted by molar-refractivity contribution is 6.30. The maximum atomic E-state index is 12.7. The van der Waals surface area contributed by atoms with Crippen molar-refractivity contribution in [1.82, 2.24) is 9.88 Å². The van der Waals surface area contributed by atoms with Crippen molar-refractivity contribution < 1.29 is 9.53 Å². The smallest absolute Gasteiger partial charge is 0.414 e. The van der Waals surface area contributed by atoms with Crippen molar-refractivity contribution in [2.75, 3.05) is 24.5 Å². The molecule has 0 radical (unpaired) electrons. The van der Waals surface area contributed by atoms with Crippen molar-refractivity contribution in [3.8, 4) is 0 Å². The maximum absolute atomic E-state index is 12.7. The number of aromatic nitrogens is 1. The van der Waals surface area contributed by atoms with Crippen LogP contribution in [0.5, 0.6) is 0 Å². The molecule has 4 rings (SSSR count). The maximum Gasteiger partial charge on any atom is 0.414 e. The molecule has 1 aromatic carbocycles. The number of hydrogen-bond donors (Lipinski definition) is 0. The number of amides is 1. The fourth-order valence-corrected chi connectivity index (χ4v) is 3.74. The second-order valence-electron chi connectivity index (χ2n) is 8.04. The lowest BCUT2D eigenvalue weighted by molar-refractivity contribution is 0.0365.